The summed E-state index contributed by atoms with van der Waals surface area (Å²) in [7, 11) is -3.83. The summed E-state index contributed by atoms with van der Waals surface area (Å²) in [5, 5.41) is -0.516. The molecule has 1 N–H and O–H groups in total. The molecule has 8 heteroatoms. The first-order valence-electron chi connectivity index (χ1n) is 5.64. The normalized spacial score (nSPS) is 11.5. The maximum absolute atomic E-state index is 13.3. The van der Waals surface area contributed by atoms with Gasteiger partial charge < -0.3 is 0 Å². The second-order valence-corrected chi connectivity index (χ2v) is 7.65. The molecular weight excluding hydrogens is 404 g/mol. The van der Waals surface area contributed by atoms with Crippen molar-refractivity contribution in [3.8, 4) is 0 Å². The largest absolute Gasteiger partial charge is 0.280 e. The lowest BCUT2D eigenvalue weighted by molar-refractivity contribution is 0.600. The summed E-state index contributed by atoms with van der Waals surface area (Å²) < 4.78 is 41.0. The van der Waals surface area contributed by atoms with E-state index in [1.54, 1.807) is 19.1 Å². The number of hydrogen-bond acceptors (Lipinski definition) is 2. The third-order valence-corrected chi connectivity index (χ3v) is 5.24. The van der Waals surface area contributed by atoms with E-state index in [4.69, 9.17) is 23.2 Å². The van der Waals surface area contributed by atoms with Crippen LogP contribution in [-0.2, 0) is 10.0 Å². The highest BCUT2D eigenvalue weighted by molar-refractivity contribution is 9.10. The number of halogens is 4. The summed E-state index contributed by atoms with van der Waals surface area (Å²) in [5.41, 5.74) is 0.663. The highest BCUT2D eigenvalue weighted by Crippen LogP contribution is 2.29. The van der Waals surface area contributed by atoms with Gasteiger partial charge in [0.2, 0.25) is 0 Å². The summed E-state index contributed by atoms with van der Waals surface area (Å²) in [4.78, 5) is 0.105. The van der Waals surface area contributed by atoms with Crippen LogP contribution in [0.4, 0.5) is 10.1 Å². The van der Waals surface area contributed by atoms with Gasteiger partial charge in [0.25, 0.3) is 10.0 Å². The van der Waals surface area contributed by atoms with Crippen LogP contribution < -0.4 is 4.72 Å². The highest BCUT2D eigenvalue weighted by atomic mass is 79.9. The minimum absolute atomic E-state index is 0.0887. The van der Waals surface area contributed by atoms with Crippen molar-refractivity contribution in [2.24, 2.45) is 0 Å². The molecule has 0 aliphatic rings. The van der Waals surface area contributed by atoms with Crippen molar-refractivity contribution in [1.29, 1.82) is 0 Å². The molecular formula is C13H9BrCl2FNO2S. The molecule has 2 rings (SSSR count). The quantitative estimate of drug-likeness (QED) is 0.720. The fourth-order valence-corrected chi connectivity index (χ4v) is 4.00. The number of sulfonamides is 1. The van der Waals surface area contributed by atoms with Crippen LogP contribution in [0.3, 0.4) is 0 Å². The van der Waals surface area contributed by atoms with Crippen LogP contribution in [0.25, 0.3) is 0 Å². The number of aryl methyl sites for hydroxylation is 1. The Hall–Kier alpha value is -0.820. The van der Waals surface area contributed by atoms with E-state index in [1.165, 1.54) is 6.07 Å². The summed E-state index contributed by atoms with van der Waals surface area (Å²) >= 11 is 14.5. The maximum atomic E-state index is 13.3. The Morgan fingerprint density at radius 1 is 1.14 bits per heavy atom. The Morgan fingerprint density at radius 3 is 2.29 bits per heavy atom. The smallest absolute Gasteiger partial charge is 0.262 e. The van der Waals surface area contributed by atoms with Gasteiger partial charge >= 0.3 is 0 Å². The van der Waals surface area contributed by atoms with E-state index in [1.807, 2.05) is 0 Å². The van der Waals surface area contributed by atoms with Gasteiger partial charge in [-0.3, -0.25) is 4.72 Å². The molecule has 21 heavy (non-hydrogen) atoms. The van der Waals surface area contributed by atoms with Gasteiger partial charge in [-0.05, 0) is 36.8 Å². The van der Waals surface area contributed by atoms with Crippen molar-refractivity contribution in [1.82, 2.24) is 0 Å². The number of hydrogen-bond donors (Lipinski definition) is 1. The van der Waals surface area contributed by atoms with Gasteiger partial charge in [0.05, 0.1) is 20.6 Å². The van der Waals surface area contributed by atoms with E-state index >= 15 is 0 Å². The molecule has 0 saturated carbocycles. The van der Waals surface area contributed by atoms with Crippen LogP contribution in [0.2, 0.25) is 10.0 Å². The van der Waals surface area contributed by atoms with Gasteiger partial charge in [-0.15, -0.1) is 0 Å². The van der Waals surface area contributed by atoms with Crippen molar-refractivity contribution in [2.45, 2.75) is 11.8 Å². The first-order valence-corrected chi connectivity index (χ1v) is 8.67. The molecule has 3 nitrogen and oxygen atoms in total. The Morgan fingerprint density at radius 2 is 1.71 bits per heavy atom. The molecule has 0 bridgehead atoms. The number of benzene rings is 2. The number of nitrogens with one attached hydrogen (secondary N) is 1. The predicted molar refractivity (Wildman–Crippen MR) is 86.1 cm³/mol. The minimum Gasteiger partial charge on any atom is -0.280 e. The fourth-order valence-electron chi connectivity index (χ4n) is 1.69. The van der Waals surface area contributed by atoms with Crippen LogP contribution in [0.5, 0.6) is 0 Å². The Labute approximate surface area is 140 Å². The Balaban J connectivity index is 2.45. The molecule has 0 radical (unpaired) electrons. The lowest BCUT2D eigenvalue weighted by Crippen LogP contribution is -2.14. The third kappa shape index (κ3) is 3.69. The van der Waals surface area contributed by atoms with Gasteiger partial charge in [0.15, 0.2) is 5.82 Å². The van der Waals surface area contributed by atoms with Crippen molar-refractivity contribution in [2.75, 3.05) is 4.72 Å². The molecule has 2 aromatic rings. The number of anilines is 1. The minimum atomic E-state index is -3.83. The molecule has 2 aromatic carbocycles. The standard InChI is InChI=1S/C13H9BrCl2FNO2S/c1-7-2-3-8(14)4-12(7)21(19,20)18-9-5-10(15)13(17)11(16)6-9/h2-6,18H,1H3. The van der Waals surface area contributed by atoms with Gasteiger partial charge in [0.1, 0.15) is 0 Å². The van der Waals surface area contributed by atoms with Gasteiger partial charge in [0, 0.05) is 4.47 Å². The zero-order valence-electron chi connectivity index (χ0n) is 10.6. The fraction of sp³-hybridized carbons (Fsp3) is 0.0769. The molecule has 0 aliphatic heterocycles. The first kappa shape index (κ1) is 16.5. The van der Waals surface area contributed by atoms with Crippen molar-refractivity contribution in [3.63, 3.8) is 0 Å². The van der Waals surface area contributed by atoms with Crippen LogP contribution >= 0.6 is 39.1 Å². The molecule has 112 valence electrons. The van der Waals surface area contributed by atoms with Gasteiger partial charge in [-0.2, -0.15) is 0 Å². The van der Waals surface area contributed by atoms with E-state index in [-0.39, 0.29) is 20.6 Å². The molecule has 0 amide bonds. The Bertz CT molecular complexity index is 789. The topological polar surface area (TPSA) is 46.2 Å². The maximum Gasteiger partial charge on any atom is 0.262 e. The van der Waals surface area contributed by atoms with E-state index in [0.717, 1.165) is 12.1 Å². The van der Waals surface area contributed by atoms with Gasteiger partial charge in [-0.1, -0.05) is 45.2 Å². The SMILES string of the molecule is Cc1ccc(Br)cc1S(=O)(=O)Nc1cc(Cl)c(F)c(Cl)c1. The van der Waals surface area contributed by atoms with E-state index < -0.39 is 15.8 Å². The summed E-state index contributed by atoms with van der Waals surface area (Å²) in [5.74, 6) is -0.792. The molecule has 0 saturated heterocycles. The third-order valence-electron chi connectivity index (χ3n) is 2.68. The lowest BCUT2D eigenvalue weighted by Gasteiger charge is -2.11. The summed E-state index contributed by atoms with van der Waals surface area (Å²) in [6.45, 7) is 1.67. The molecule has 0 aliphatic carbocycles. The zero-order valence-corrected chi connectivity index (χ0v) is 14.5. The molecule has 0 atom stereocenters. The molecule has 0 aromatic heterocycles. The molecule has 0 fully saturated rings. The van der Waals surface area contributed by atoms with Crippen molar-refractivity contribution < 1.29 is 12.8 Å². The first-order chi connectivity index (χ1) is 9.70. The highest BCUT2D eigenvalue weighted by Gasteiger charge is 2.18. The molecule has 0 unspecified atom stereocenters. The second kappa shape index (κ2) is 6.12. The average Bonchev–Trinajstić information content (AvgIpc) is 2.38. The van der Waals surface area contributed by atoms with E-state index in [2.05, 4.69) is 20.7 Å². The average molecular weight is 413 g/mol. The van der Waals surface area contributed by atoms with Crippen LogP contribution in [-0.4, -0.2) is 8.42 Å². The van der Waals surface area contributed by atoms with Gasteiger partial charge in [-0.25, -0.2) is 12.8 Å². The summed E-state index contributed by atoms with van der Waals surface area (Å²) in [6, 6.07) is 7.20. The summed E-state index contributed by atoms with van der Waals surface area (Å²) in [6.07, 6.45) is 0. The van der Waals surface area contributed by atoms with E-state index in [0.29, 0.717) is 10.0 Å². The van der Waals surface area contributed by atoms with E-state index in [9.17, 15) is 12.8 Å². The van der Waals surface area contributed by atoms with Crippen molar-refractivity contribution in [3.05, 3.63) is 56.2 Å². The van der Waals surface area contributed by atoms with Crippen LogP contribution in [0.15, 0.2) is 39.7 Å². The van der Waals surface area contributed by atoms with Crippen molar-refractivity contribution >= 4 is 54.8 Å². The number of rotatable bonds is 3. The van der Waals surface area contributed by atoms with Crippen LogP contribution in [0.1, 0.15) is 5.56 Å². The predicted octanol–water partition coefficient (Wildman–Crippen LogP) is 5.00. The molecule has 0 heterocycles. The lowest BCUT2D eigenvalue weighted by atomic mass is 10.2. The Kier molecular flexibility index (Phi) is 4.82. The molecule has 0 spiro atoms. The zero-order chi connectivity index (χ0) is 15.8. The second-order valence-electron chi connectivity index (χ2n) is 4.27. The van der Waals surface area contributed by atoms with Crippen LogP contribution in [0, 0.1) is 12.7 Å². The monoisotopic (exact) mass is 411 g/mol.